The smallest absolute Gasteiger partial charge is 0.251 e. The largest absolute Gasteiger partial charge is 0.352 e. The van der Waals surface area contributed by atoms with Gasteiger partial charge in [-0.05, 0) is 61.9 Å². The quantitative estimate of drug-likeness (QED) is 0.579. The van der Waals surface area contributed by atoms with E-state index in [0.29, 0.717) is 23.4 Å². The van der Waals surface area contributed by atoms with Crippen LogP contribution in [-0.2, 0) is 20.4 Å². The van der Waals surface area contributed by atoms with Crippen molar-refractivity contribution in [2.75, 3.05) is 17.6 Å². The third-order valence-electron chi connectivity index (χ3n) is 5.13. The highest BCUT2D eigenvalue weighted by molar-refractivity contribution is 7.91. The summed E-state index contributed by atoms with van der Waals surface area (Å²) in [4.78, 5) is 24.3. The Morgan fingerprint density at radius 1 is 0.935 bits per heavy atom. The summed E-state index contributed by atoms with van der Waals surface area (Å²) < 4.78 is 24.7. The molecule has 0 unspecified atom stereocenters. The molecule has 1 aliphatic rings. The fraction of sp³-hybridized carbons (Fsp3) is 0.333. The monoisotopic (exact) mass is 440 g/mol. The number of rotatable bonds is 9. The van der Waals surface area contributed by atoms with E-state index in [1.807, 2.05) is 6.07 Å². The summed E-state index contributed by atoms with van der Waals surface area (Å²) in [6.07, 6.45) is 7.84. The molecule has 0 spiro atoms. The van der Waals surface area contributed by atoms with Gasteiger partial charge in [-0.2, -0.15) is 0 Å². The van der Waals surface area contributed by atoms with Crippen LogP contribution in [0.5, 0.6) is 0 Å². The molecule has 0 saturated carbocycles. The third kappa shape index (κ3) is 7.68. The van der Waals surface area contributed by atoms with Crippen molar-refractivity contribution in [3.63, 3.8) is 0 Å². The molecule has 2 N–H and O–H groups in total. The molecule has 7 heteroatoms. The number of para-hydroxylation sites is 1. The Hall–Kier alpha value is -2.93. The van der Waals surface area contributed by atoms with Crippen molar-refractivity contribution in [3.05, 3.63) is 77.4 Å². The standard InChI is InChI=1S/C24H28N2O4S/c27-23(26-22-9-5-2-6-10-22)18-31(29,30)17-20-11-13-21(14-12-20)24(28)25-16-15-19-7-3-1-4-8-19/h2,5-7,9-14H,1,3-4,8,15-18H2,(H,25,28)(H,26,27). The first-order valence-corrected chi connectivity index (χ1v) is 12.3. The van der Waals surface area contributed by atoms with Crippen molar-refractivity contribution >= 4 is 27.3 Å². The highest BCUT2D eigenvalue weighted by atomic mass is 32.2. The molecule has 1 aliphatic carbocycles. The Bertz CT molecular complexity index is 1030. The van der Waals surface area contributed by atoms with Crippen molar-refractivity contribution < 1.29 is 18.0 Å². The average molecular weight is 441 g/mol. The number of hydrogen-bond acceptors (Lipinski definition) is 4. The summed E-state index contributed by atoms with van der Waals surface area (Å²) >= 11 is 0. The second-order valence-electron chi connectivity index (χ2n) is 7.76. The lowest BCUT2D eigenvalue weighted by Gasteiger charge is -2.13. The molecule has 6 nitrogen and oxygen atoms in total. The number of hydrogen-bond donors (Lipinski definition) is 2. The maximum absolute atomic E-state index is 12.4. The van der Waals surface area contributed by atoms with Gasteiger partial charge < -0.3 is 10.6 Å². The van der Waals surface area contributed by atoms with Gasteiger partial charge in [-0.1, -0.05) is 42.0 Å². The van der Waals surface area contributed by atoms with Gasteiger partial charge in [0.1, 0.15) is 5.75 Å². The van der Waals surface area contributed by atoms with Crippen LogP contribution in [0, 0.1) is 0 Å². The molecule has 0 atom stereocenters. The van der Waals surface area contributed by atoms with Gasteiger partial charge in [-0.3, -0.25) is 9.59 Å². The molecule has 31 heavy (non-hydrogen) atoms. The number of anilines is 1. The van der Waals surface area contributed by atoms with Crippen LogP contribution in [0.25, 0.3) is 0 Å². The van der Waals surface area contributed by atoms with Crippen LogP contribution < -0.4 is 10.6 Å². The van der Waals surface area contributed by atoms with Crippen LogP contribution in [0.3, 0.4) is 0 Å². The van der Waals surface area contributed by atoms with Gasteiger partial charge in [0.2, 0.25) is 5.91 Å². The van der Waals surface area contributed by atoms with Gasteiger partial charge in [0.15, 0.2) is 9.84 Å². The second-order valence-corrected chi connectivity index (χ2v) is 9.82. The number of allylic oxidation sites excluding steroid dienone is 1. The summed E-state index contributed by atoms with van der Waals surface area (Å²) in [7, 11) is -3.63. The van der Waals surface area contributed by atoms with Crippen molar-refractivity contribution in [3.8, 4) is 0 Å². The molecular formula is C24H28N2O4S. The normalized spacial score (nSPS) is 13.9. The van der Waals surface area contributed by atoms with E-state index in [4.69, 9.17) is 0 Å². The number of nitrogens with one attached hydrogen (secondary N) is 2. The summed E-state index contributed by atoms with van der Waals surface area (Å²) in [5.74, 6) is -1.60. The zero-order valence-corrected chi connectivity index (χ0v) is 18.3. The topological polar surface area (TPSA) is 92.3 Å². The van der Waals surface area contributed by atoms with Gasteiger partial charge in [-0.15, -0.1) is 0 Å². The molecule has 0 aromatic heterocycles. The molecule has 2 amide bonds. The molecule has 0 fully saturated rings. The molecule has 0 aliphatic heterocycles. The number of carbonyl (C=O) groups is 2. The lowest BCUT2D eigenvalue weighted by Crippen LogP contribution is -2.25. The Morgan fingerprint density at radius 2 is 1.68 bits per heavy atom. The molecule has 164 valence electrons. The van der Waals surface area contributed by atoms with Gasteiger partial charge in [-0.25, -0.2) is 8.42 Å². The Balaban J connectivity index is 1.47. The highest BCUT2D eigenvalue weighted by Gasteiger charge is 2.18. The Labute approximate surface area is 183 Å². The minimum Gasteiger partial charge on any atom is -0.352 e. The Morgan fingerprint density at radius 3 is 2.35 bits per heavy atom. The summed E-state index contributed by atoms with van der Waals surface area (Å²) in [5, 5.41) is 5.49. The minimum absolute atomic E-state index is 0.173. The predicted octanol–water partition coefficient (Wildman–Crippen LogP) is 3.86. The van der Waals surface area contributed by atoms with Crippen LogP contribution in [0.1, 0.15) is 48.0 Å². The lowest BCUT2D eigenvalue weighted by molar-refractivity contribution is -0.113. The van der Waals surface area contributed by atoms with E-state index in [-0.39, 0.29) is 11.7 Å². The van der Waals surface area contributed by atoms with Crippen molar-refractivity contribution in [2.45, 2.75) is 37.9 Å². The van der Waals surface area contributed by atoms with Crippen LogP contribution in [0.2, 0.25) is 0 Å². The molecule has 2 aromatic carbocycles. The number of sulfone groups is 1. The summed E-state index contributed by atoms with van der Waals surface area (Å²) in [5.41, 5.74) is 2.98. The van der Waals surface area contributed by atoms with E-state index in [2.05, 4.69) is 16.7 Å². The fourth-order valence-corrected chi connectivity index (χ4v) is 4.82. The lowest BCUT2D eigenvalue weighted by atomic mass is 9.97. The first-order chi connectivity index (χ1) is 14.9. The molecule has 0 bridgehead atoms. The zero-order chi connectivity index (χ0) is 22.1. The number of amides is 2. The molecule has 3 rings (SSSR count). The summed E-state index contributed by atoms with van der Waals surface area (Å²) in [6, 6.07) is 15.2. The summed E-state index contributed by atoms with van der Waals surface area (Å²) in [6.45, 7) is 0.595. The van der Waals surface area contributed by atoms with E-state index < -0.39 is 21.5 Å². The van der Waals surface area contributed by atoms with E-state index in [1.165, 1.54) is 18.4 Å². The van der Waals surface area contributed by atoms with Crippen LogP contribution >= 0.6 is 0 Å². The third-order valence-corrected chi connectivity index (χ3v) is 6.60. The first kappa shape index (κ1) is 22.7. The maximum Gasteiger partial charge on any atom is 0.251 e. The van der Waals surface area contributed by atoms with E-state index >= 15 is 0 Å². The maximum atomic E-state index is 12.4. The van der Waals surface area contributed by atoms with E-state index in [0.717, 1.165) is 19.3 Å². The fourth-order valence-electron chi connectivity index (χ4n) is 3.55. The van der Waals surface area contributed by atoms with Gasteiger partial charge in [0.25, 0.3) is 5.91 Å². The first-order valence-electron chi connectivity index (χ1n) is 10.5. The van der Waals surface area contributed by atoms with E-state index in [9.17, 15) is 18.0 Å². The highest BCUT2D eigenvalue weighted by Crippen LogP contribution is 2.19. The van der Waals surface area contributed by atoms with Crippen LogP contribution in [0.15, 0.2) is 66.2 Å². The van der Waals surface area contributed by atoms with Crippen LogP contribution in [-0.4, -0.2) is 32.5 Å². The molecule has 0 saturated heterocycles. The van der Waals surface area contributed by atoms with E-state index in [1.54, 1.807) is 48.5 Å². The Kier molecular flexibility index (Phi) is 8.00. The molecule has 0 radical (unpaired) electrons. The van der Waals surface area contributed by atoms with Crippen LogP contribution in [0.4, 0.5) is 5.69 Å². The zero-order valence-electron chi connectivity index (χ0n) is 17.5. The predicted molar refractivity (Wildman–Crippen MR) is 123 cm³/mol. The number of carbonyl (C=O) groups excluding carboxylic acids is 2. The molecular weight excluding hydrogens is 412 g/mol. The minimum atomic E-state index is -3.63. The van der Waals surface area contributed by atoms with Gasteiger partial charge in [0.05, 0.1) is 5.75 Å². The van der Waals surface area contributed by atoms with Gasteiger partial charge in [0, 0.05) is 17.8 Å². The number of benzene rings is 2. The van der Waals surface area contributed by atoms with Gasteiger partial charge >= 0.3 is 0 Å². The van der Waals surface area contributed by atoms with Crippen molar-refractivity contribution in [1.29, 1.82) is 0 Å². The van der Waals surface area contributed by atoms with Crippen molar-refractivity contribution in [1.82, 2.24) is 5.32 Å². The average Bonchev–Trinajstić information content (AvgIpc) is 2.75. The second kappa shape index (κ2) is 10.9. The van der Waals surface area contributed by atoms with Crippen molar-refractivity contribution in [2.24, 2.45) is 0 Å². The molecule has 0 heterocycles. The molecule has 2 aromatic rings. The SMILES string of the molecule is O=C(CS(=O)(=O)Cc1ccc(C(=O)NCCC2=CCCCC2)cc1)Nc1ccccc1.